The van der Waals surface area contributed by atoms with Crippen molar-refractivity contribution in [2.75, 3.05) is 6.61 Å². The Morgan fingerprint density at radius 2 is 2.67 bits per heavy atom. The molecule has 3 heteroatoms. The lowest BCUT2D eigenvalue weighted by Crippen LogP contribution is -2.15. The first kappa shape index (κ1) is 8.84. The number of rotatable bonds is 3. The van der Waals surface area contributed by atoms with Crippen molar-refractivity contribution in [2.24, 2.45) is 5.92 Å². The molecule has 0 aromatic carbocycles. The Hall–Kier alpha value is -1.25. The van der Waals surface area contributed by atoms with Crippen LogP contribution in [0.4, 0.5) is 0 Å². The summed E-state index contributed by atoms with van der Waals surface area (Å²) in [7, 11) is 0. The molecule has 1 amide bonds. The molecule has 3 radical (unpaired) electrons. The first-order valence-electron chi connectivity index (χ1n) is 3.89. The standard InChI is InChI=1S/C9H10NO2/c1-2-12-8-5-3-4-7(6-8)9(10)11/h3,5,7H,2,4H2,1H3. The summed E-state index contributed by atoms with van der Waals surface area (Å²) in [6.45, 7) is 2.39. The number of hydrogen-bond donors (Lipinski definition) is 0. The van der Waals surface area contributed by atoms with Gasteiger partial charge < -0.3 is 4.74 Å². The minimum absolute atomic E-state index is 0.506. The molecule has 0 aromatic heterocycles. The number of carbonyl (C=O) groups is 1. The SMILES string of the molecule is CCOC1=[C]C(C([N])=O)CC=C1. The van der Waals surface area contributed by atoms with Gasteiger partial charge in [-0.15, -0.1) is 5.73 Å². The molecule has 0 aromatic rings. The summed E-state index contributed by atoms with van der Waals surface area (Å²) in [6, 6.07) is 0. The molecule has 0 heterocycles. The predicted octanol–water partition coefficient (Wildman–Crippen LogP) is 0.881. The molecule has 0 fully saturated rings. The average molecular weight is 164 g/mol. The molecule has 0 saturated heterocycles. The van der Waals surface area contributed by atoms with E-state index in [-0.39, 0.29) is 0 Å². The maximum atomic E-state index is 10.5. The number of hydrogen-bond acceptors (Lipinski definition) is 2. The molecule has 63 valence electrons. The zero-order valence-electron chi connectivity index (χ0n) is 6.91. The smallest absolute Gasteiger partial charge is 0.272 e. The number of ether oxygens (including phenoxy) is 1. The van der Waals surface area contributed by atoms with Gasteiger partial charge in [-0.05, 0) is 19.4 Å². The monoisotopic (exact) mass is 164 g/mol. The lowest BCUT2D eigenvalue weighted by molar-refractivity contribution is -0.121. The highest BCUT2D eigenvalue weighted by Crippen LogP contribution is 2.16. The highest BCUT2D eigenvalue weighted by Gasteiger charge is 2.17. The van der Waals surface area contributed by atoms with E-state index in [0.717, 1.165) is 0 Å². The van der Waals surface area contributed by atoms with Gasteiger partial charge in [-0.3, -0.25) is 4.79 Å². The molecular formula is C9H10NO2. The van der Waals surface area contributed by atoms with E-state index < -0.39 is 11.8 Å². The summed E-state index contributed by atoms with van der Waals surface area (Å²) in [5.74, 6) is -0.857. The Morgan fingerprint density at radius 1 is 1.92 bits per heavy atom. The van der Waals surface area contributed by atoms with Crippen LogP contribution in [0, 0.1) is 12.0 Å². The number of nitrogens with zero attached hydrogens (tertiary/aromatic N) is 1. The summed E-state index contributed by atoms with van der Waals surface area (Å²) in [5, 5.41) is 0. The van der Waals surface area contributed by atoms with Gasteiger partial charge in [-0.2, -0.15) is 0 Å². The number of amides is 1. The van der Waals surface area contributed by atoms with Crippen LogP contribution < -0.4 is 5.73 Å². The predicted molar refractivity (Wildman–Crippen MR) is 42.8 cm³/mol. The molecule has 1 aliphatic carbocycles. The fourth-order valence-corrected chi connectivity index (χ4v) is 0.998. The van der Waals surface area contributed by atoms with Crippen LogP contribution in [-0.2, 0) is 9.53 Å². The van der Waals surface area contributed by atoms with E-state index in [2.05, 4.69) is 6.08 Å². The highest BCUT2D eigenvalue weighted by atomic mass is 16.5. The quantitative estimate of drug-likeness (QED) is 0.621. The highest BCUT2D eigenvalue weighted by molar-refractivity contribution is 5.77. The van der Waals surface area contributed by atoms with E-state index in [1.54, 1.807) is 12.2 Å². The van der Waals surface area contributed by atoms with E-state index in [0.29, 0.717) is 18.8 Å². The summed E-state index contributed by atoms with van der Waals surface area (Å²) < 4.78 is 5.12. The van der Waals surface area contributed by atoms with Crippen molar-refractivity contribution < 1.29 is 9.53 Å². The van der Waals surface area contributed by atoms with Gasteiger partial charge in [-0.25, -0.2) is 0 Å². The van der Waals surface area contributed by atoms with Crippen molar-refractivity contribution in [2.45, 2.75) is 13.3 Å². The minimum Gasteiger partial charge on any atom is -0.494 e. The largest absolute Gasteiger partial charge is 0.494 e. The lowest BCUT2D eigenvalue weighted by atomic mass is 9.99. The second-order valence-electron chi connectivity index (χ2n) is 2.47. The fraction of sp³-hybridized carbons (Fsp3) is 0.444. The Bertz CT molecular complexity index is 231. The summed E-state index contributed by atoms with van der Waals surface area (Å²) in [4.78, 5) is 10.5. The summed E-state index contributed by atoms with van der Waals surface area (Å²) >= 11 is 0. The minimum atomic E-state index is -0.850. The maximum Gasteiger partial charge on any atom is 0.272 e. The first-order chi connectivity index (χ1) is 5.74. The van der Waals surface area contributed by atoms with Crippen LogP contribution in [0.5, 0.6) is 0 Å². The molecule has 1 unspecified atom stereocenters. The summed E-state index contributed by atoms with van der Waals surface area (Å²) in [5.41, 5.74) is 8.66. The average Bonchev–Trinajstić information content (AvgIpc) is 2.05. The van der Waals surface area contributed by atoms with E-state index in [9.17, 15) is 4.79 Å². The number of allylic oxidation sites excluding steroid dienone is 2. The van der Waals surface area contributed by atoms with Crippen molar-refractivity contribution in [3.8, 4) is 0 Å². The van der Waals surface area contributed by atoms with E-state index in [1.807, 2.05) is 6.92 Å². The molecule has 0 bridgehead atoms. The molecule has 0 aliphatic heterocycles. The van der Waals surface area contributed by atoms with Crippen molar-refractivity contribution >= 4 is 5.91 Å². The molecule has 3 nitrogen and oxygen atoms in total. The van der Waals surface area contributed by atoms with Gasteiger partial charge in [0.1, 0.15) is 5.76 Å². The van der Waals surface area contributed by atoms with Crippen LogP contribution in [0.2, 0.25) is 0 Å². The molecule has 0 saturated carbocycles. The second kappa shape index (κ2) is 3.95. The molecule has 12 heavy (non-hydrogen) atoms. The van der Waals surface area contributed by atoms with Gasteiger partial charge >= 0.3 is 0 Å². The molecule has 1 atom stereocenters. The third-order valence-corrected chi connectivity index (χ3v) is 1.56. The van der Waals surface area contributed by atoms with Crippen molar-refractivity contribution in [1.82, 2.24) is 5.73 Å². The van der Waals surface area contributed by atoms with E-state index in [4.69, 9.17) is 10.5 Å². The first-order valence-corrected chi connectivity index (χ1v) is 3.89. The molecule has 1 aliphatic rings. The Labute approximate surface area is 71.9 Å². The van der Waals surface area contributed by atoms with Crippen LogP contribution >= 0.6 is 0 Å². The van der Waals surface area contributed by atoms with Crippen LogP contribution in [0.1, 0.15) is 13.3 Å². The van der Waals surface area contributed by atoms with Crippen molar-refractivity contribution in [3.63, 3.8) is 0 Å². The van der Waals surface area contributed by atoms with Gasteiger partial charge in [0.2, 0.25) is 0 Å². The second-order valence-corrected chi connectivity index (χ2v) is 2.47. The molecular weight excluding hydrogens is 154 g/mol. The fourth-order valence-electron chi connectivity index (χ4n) is 0.998. The van der Waals surface area contributed by atoms with Gasteiger partial charge in [0, 0.05) is 6.08 Å². The van der Waals surface area contributed by atoms with Crippen LogP contribution in [0.15, 0.2) is 17.9 Å². The summed E-state index contributed by atoms with van der Waals surface area (Å²) in [6.07, 6.45) is 6.81. The van der Waals surface area contributed by atoms with Crippen molar-refractivity contribution in [3.05, 3.63) is 24.0 Å². The zero-order chi connectivity index (χ0) is 8.97. The maximum absolute atomic E-state index is 10.5. The lowest BCUT2D eigenvalue weighted by Gasteiger charge is -2.11. The third-order valence-electron chi connectivity index (χ3n) is 1.56. The van der Waals surface area contributed by atoms with Crippen LogP contribution in [0.25, 0.3) is 0 Å². The van der Waals surface area contributed by atoms with Gasteiger partial charge in [0.25, 0.3) is 5.91 Å². The van der Waals surface area contributed by atoms with Gasteiger partial charge in [0.05, 0.1) is 12.5 Å². The van der Waals surface area contributed by atoms with Crippen molar-refractivity contribution in [1.29, 1.82) is 0 Å². The molecule has 0 N–H and O–H groups in total. The normalized spacial score (nSPS) is 21.8. The van der Waals surface area contributed by atoms with Crippen LogP contribution in [-0.4, -0.2) is 12.5 Å². The Morgan fingerprint density at radius 3 is 3.25 bits per heavy atom. The molecule has 1 rings (SSSR count). The zero-order valence-corrected chi connectivity index (χ0v) is 6.91. The van der Waals surface area contributed by atoms with Gasteiger partial charge in [0.15, 0.2) is 0 Å². The van der Waals surface area contributed by atoms with E-state index in [1.165, 1.54) is 0 Å². The topological polar surface area (TPSA) is 48.6 Å². The van der Waals surface area contributed by atoms with Gasteiger partial charge in [-0.1, -0.05) is 6.08 Å². The Kier molecular flexibility index (Phi) is 2.91. The van der Waals surface area contributed by atoms with Crippen LogP contribution in [0.3, 0.4) is 0 Å². The third kappa shape index (κ3) is 2.12. The van der Waals surface area contributed by atoms with E-state index >= 15 is 0 Å². The molecule has 0 spiro atoms. The Balaban J connectivity index is 2.62. The number of carbonyl (C=O) groups excluding carboxylic acids is 1.